The number of nitriles is 2. The van der Waals surface area contributed by atoms with E-state index in [4.69, 9.17) is 21.5 Å². The van der Waals surface area contributed by atoms with Gasteiger partial charge in [-0.25, -0.2) is 9.98 Å². The van der Waals surface area contributed by atoms with Gasteiger partial charge < -0.3 is 26.6 Å². The number of nitrogen functional groups attached to an aromatic ring is 2. The smallest absolute Gasteiger partial charge is 0.211 e. The molecular weight excluding hydrogens is 408 g/mol. The molecule has 0 radical (unpaired) electrons. The highest BCUT2D eigenvalue weighted by Gasteiger charge is 2.31. The number of aromatic hydroxyl groups is 1. The van der Waals surface area contributed by atoms with Gasteiger partial charge in [0.25, 0.3) is 0 Å². The Morgan fingerprint density at radius 2 is 1.84 bits per heavy atom. The number of anilines is 3. The molecule has 0 aliphatic carbocycles. The third-order valence-corrected chi connectivity index (χ3v) is 5.10. The summed E-state index contributed by atoms with van der Waals surface area (Å²) in [5.74, 6) is 0.984. The van der Waals surface area contributed by atoms with E-state index in [0.29, 0.717) is 11.1 Å². The van der Waals surface area contributed by atoms with Crippen molar-refractivity contribution < 1.29 is 9.84 Å². The molecule has 0 spiro atoms. The Hall–Kier alpha value is -4.96. The van der Waals surface area contributed by atoms with E-state index in [0.717, 1.165) is 16.9 Å². The minimum atomic E-state index is -0.847. The highest BCUT2D eigenvalue weighted by Crippen LogP contribution is 2.44. The second kappa shape index (κ2) is 8.05. The maximum absolute atomic E-state index is 10.7. The normalized spacial score (nSPS) is 14.2. The molecule has 10 nitrogen and oxygen atoms in total. The molecule has 0 bridgehead atoms. The molecule has 4 rings (SSSR count). The number of hydrogen-bond donors (Lipinski definition) is 5. The number of benzene rings is 2. The Morgan fingerprint density at radius 3 is 2.50 bits per heavy atom. The fraction of sp³-hybridized carbons (Fsp3) is 0.0909. The number of methoxy groups -OCH3 is 1. The summed E-state index contributed by atoms with van der Waals surface area (Å²) in [5, 5.41) is 34.5. The molecule has 1 aromatic heterocycles. The van der Waals surface area contributed by atoms with Gasteiger partial charge in [0, 0.05) is 11.1 Å². The predicted molar refractivity (Wildman–Crippen MR) is 120 cm³/mol. The van der Waals surface area contributed by atoms with Gasteiger partial charge in [0.2, 0.25) is 5.96 Å². The Balaban J connectivity index is 1.90. The second-order valence-corrected chi connectivity index (χ2v) is 6.90. The summed E-state index contributed by atoms with van der Waals surface area (Å²) in [6, 6.07) is 13.6. The molecule has 32 heavy (non-hydrogen) atoms. The maximum atomic E-state index is 10.7. The second-order valence-electron chi connectivity index (χ2n) is 6.90. The topological polar surface area (TPSA) is 178 Å². The summed E-state index contributed by atoms with van der Waals surface area (Å²) >= 11 is 0. The van der Waals surface area contributed by atoms with Gasteiger partial charge in [0.15, 0.2) is 6.19 Å². The van der Waals surface area contributed by atoms with Crippen LogP contribution in [0.5, 0.6) is 11.5 Å². The van der Waals surface area contributed by atoms with Crippen molar-refractivity contribution in [2.24, 2.45) is 4.99 Å². The zero-order valence-electron chi connectivity index (χ0n) is 16.9. The van der Waals surface area contributed by atoms with Crippen molar-refractivity contribution in [2.75, 3.05) is 23.9 Å². The number of nitrogens with two attached hydrogens (primary N) is 2. The minimum Gasteiger partial charge on any atom is -0.508 e. The van der Waals surface area contributed by atoms with Crippen LogP contribution < -0.4 is 26.8 Å². The molecular formula is C22H18N8O2. The molecule has 1 aliphatic rings. The quantitative estimate of drug-likeness (QED) is 0.310. The molecule has 158 valence electrons. The van der Waals surface area contributed by atoms with E-state index in [1.807, 2.05) is 30.3 Å². The van der Waals surface area contributed by atoms with Gasteiger partial charge >= 0.3 is 0 Å². The van der Waals surface area contributed by atoms with Gasteiger partial charge in [0.1, 0.15) is 40.8 Å². The Bertz CT molecular complexity index is 1320. The number of aromatic nitrogens is 1. The standard InChI is InChI=1S/C22H18N8O2/c1-32-13-5-2-11(3-6-13)12-4-7-16(31)14(8-12)19-17-18(25)15(9-23)20(26)29-21(17)30-22(28-19)27-10-24/h2-8,19,31H,1H3,(H6,25,26,27,28,29,30). The number of aliphatic imine (C=N–C) groups is 1. The molecule has 2 heterocycles. The average molecular weight is 426 g/mol. The van der Waals surface area contributed by atoms with Crippen molar-refractivity contribution in [3.05, 3.63) is 59.2 Å². The largest absolute Gasteiger partial charge is 0.508 e. The number of fused-ring (bicyclic) bond motifs is 1. The van der Waals surface area contributed by atoms with Crippen LogP contribution in [0.3, 0.4) is 0 Å². The van der Waals surface area contributed by atoms with Crippen molar-refractivity contribution >= 4 is 23.3 Å². The molecule has 0 amide bonds. The molecule has 1 unspecified atom stereocenters. The molecule has 0 saturated carbocycles. The number of pyridine rings is 1. The molecule has 0 fully saturated rings. The molecule has 1 aliphatic heterocycles. The number of phenolic OH excluding ortho intramolecular Hbond substituents is 1. The van der Waals surface area contributed by atoms with Crippen LogP contribution >= 0.6 is 0 Å². The summed E-state index contributed by atoms with van der Waals surface area (Å²) in [6.45, 7) is 0. The molecule has 3 aromatic rings. The number of phenols is 1. The Kier molecular flexibility index (Phi) is 5.11. The summed E-state index contributed by atoms with van der Waals surface area (Å²) in [4.78, 5) is 8.72. The predicted octanol–water partition coefficient (Wildman–Crippen LogP) is 2.44. The third-order valence-electron chi connectivity index (χ3n) is 5.10. The number of nitrogens with one attached hydrogen (secondary N) is 2. The van der Waals surface area contributed by atoms with Crippen LogP contribution in [-0.4, -0.2) is 23.2 Å². The lowest BCUT2D eigenvalue weighted by atomic mass is 9.92. The van der Waals surface area contributed by atoms with Gasteiger partial charge in [-0.15, -0.1) is 0 Å². The fourth-order valence-electron chi connectivity index (χ4n) is 3.54. The summed E-state index contributed by atoms with van der Waals surface area (Å²) in [7, 11) is 1.59. The molecule has 10 heteroatoms. The van der Waals surface area contributed by atoms with Crippen LogP contribution in [0.1, 0.15) is 22.7 Å². The summed E-state index contributed by atoms with van der Waals surface area (Å²) in [6.07, 6.45) is 1.79. The van der Waals surface area contributed by atoms with E-state index in [-0.39, 0.29) is 34.6 Å². The lowest BCUT2D eigenvalue weighted by Crippen LogP contribution is -2.32. The number of guanidine groups is 1. The summed E-state index contributed by atoms with van der Waals surface area (Å²) < 4.78 is 5.21. The van der Waals surface area contributed by atoms with E-state index >= 15 is 0 Å². The van der Waals surface area contributed by atoms with Gasteiger partial charge in [-0.1, -0.05) is 18.2 Å². The minimum absolute atomic E-state index is 0.0215. The van der Waals surface area contributed by atoms with Crippen LogP contribution in [0, 0.1) is 22.8 Å². The first-order valence-electron chi connectivity index (χ1n) is 9.43. The van der Waals surface area contributed by atoms with Crippen molar-refractivity contribution in [2.45, 2.75) is 6.04 Å². The highest BCUT2D eigenvalue weighted by molar-refractivity contribution is 5.98. The number of nitrogens with zero attached hydrogens (tertiary/aromatic N) is 4. The first-order valence-corrected chi connectivity index (χ1v) is 9.43. The number of ether oxygens (including phenoxy) is 1. The van der Waals surface area contributed by atoms with Gasteiger partial charge in [-0.05, 0) is 35.4 Å². The fourth-order valence-corrected chi connectivity index (χ4v) is 3.54. The molecule has 2 aromatic carbocycles. The van der Waals surface area contributed by atoms with Crippen LogP contribution in [0.4, 0.5) is 17.3 Å². The maximum Gasteiger partial charge on any atom is 0.211 e. The molecule has 7 N–H and O–H groups in total. The van der Waals surface area contributed by atoms with Crippen molar-refractivity contribution in [1.29, 1.82) is 10.5 Å². The zero-order chi connectivity index (χ0) is 22.8. The Morgan fingerprint density at radius 1 is 1.12 bits per heavy atom. The monoisotopic (exact) mass is 426 g/mol. The van der Waals surface area contributed by atoms with E-state index in [9.17, 15) is 10.4 Å². The molecule has 1 atom stereocenters. The number of rotatable bonds is 3. The van der Waals surface area contributed by atoms with E-state index < -0.39 is 6.04 Å². The van der Waals surface area contributed by atoms with Crippen molar-refractivity contribution in [1.82, 2.24) is 10.3 Å². The van der Waals surface area contributed by atoms with Crippen LogP contribution in [0.2, 0.25) is 0 Å². The van der Waals surface area contributed by atoms with Crippen LogP contribution in [-0.2, 0) is 0 Å². The van der Waals surface area contributed by atoms with Crippen molar-refractivity contribution in [3.8, 4) is 34.9 Å². The van der Waals surface area contributed by atoms with Crippen LogP contribution in [0.25, 0.3) is 11.1 Å². The van der Waals surface area contributed by atoms with Crippen molar-refractivity contribution in [3.63, 3.8) is 0 Å². The Labute approximate surface area is 183 Å². The SMILES string of the molecule is COc1ccc(-c2ccc(O)c(C3N=C(NC#N)Nc4nc(N)c(C#N)c(N)c43)c2)cc1. The zero-order valence-corrected chi connectivity index (χ0v) is 16.9. The lowest BCUT2D eigenvalue weighted by Gasteiger charge is -2.26. The lowest BCUT2D eigenvalue weighted by molar-refractivity contribution is 0.415. The van der Waals surface area contributed by atoms with Crippen LogP contribution in [0.15, 0.2) is 47.5 Å². The summed E-state index contributed by atoms with van der Waals surface area (Å²) in [5.41, 5.74) is 14.8. The third kappa shape index (κ3) is 3.42. The first kappa shape index (κ1) is 20.3. The van der Waals surface area contributed by atoms with Gasteiger partial charge in [-0.3, -0.25) is 5.32 Å². The highest BCUT2D eigenvalue weighted by atomic mass is 16.5. The molecule has 0 saturated heterocycles. The first-order chi connectivity index (χ1) is 15.5. The van der Waals surface area contributed by atoms with Gasteiger partial charge in [0.05, 0.1) is 12.8 Å². The number of hydrogen-bond acceptors (Lipinski definition) is 10. The van der Waals surface area contributed by atoms with Gasteiger partial charge in [-0.2, -0.15) is 10.5 Å². The van der Waals surface area contributed by atoms with E-state index in [2.05, 4.69) is 20.6 Å². The average Bonchev–Trinajstić information content (AvgIpc) is 2.79. The van der Waals surface area contributed by atoms with E-state index in [1.54, 1.807) is 31.5 Å². The van der Waals surface area contributed by atoms with E-state index in [1.165, 1.54) is 0 Å².